The van der Waals surface area contributed by atoms with Gasteiger partial charge in [-0.15, -0.1) is 0 Å². The highest BCUT2D eigenvalue weighted by Crippen LogP contribution is 2.30. The Hall–Kier alpha value is -2.60. The number of benzene rings is 1. The van der Waals surface area contributed by atoms with Crippen LogP contribution in [0, 0.1) is 5.92 Å². The Morgan fingerprint density at radius 2 is 2.20 bits per heavy atom. The molecule has 25 heavy (non-hydrogen) atoms. The molecule has 0 aliphatic heterocycles. The molecule has 0 saturated heterocycles. The second-order valence-corrected chi connectivity index (χ2v) is 6.79. The molecule has 0 radical (unpaired) electrons. The van der Waals surface area contributed by atoms with Gasteiger partial charge in [0.2, 0.25) is 5.88 Å². The zero-order chi connectivity index (χ0) is 17.6. The maximum atomic E-state index is 12.5. The molecule has 1 aliphatic rings. The first-order valence-corrected chi connectivity index (χ1v) is 8.41. The molecule has 1 aliphatic carbocycles. The average molecular weight is 359 g/mol. The minimum absolute atomic E-state index is 0.0890. The Balaban J connectivity index is 1.66. The molecule has 0 saturated carbocycles. The Morgan fingerprint density at radius 3 is 3.04 bits per heavy atom. The molecule has 7 heteroatoms. The number of rotatable bonds is 2. The summed E-state index contributed by atoms with van der Waals surface area (Å²) in [6.45, 7) is 2.15. The summed E-state index contributed by atoms with van der Waals surface area (Å²) in [5, 5.41) is 7.44. The third-order valence-corrected chi connectivity index (χ3v) is 4.67. The number of carbonyl (C=O) groups is 1. The normalized spacial score (nSPS) is 16.6. The van der Waals surface area contributed by atoms with Crippen LogP contribution in [-0.4, -0.2) is 11.1 Å². The van der Waals surface area contributed by atoms with Crippen LogP contribution in [0.4, 0.5) is 5.88 Å². The van der Waals surface area contributed by atoms with Gasteiger partial charge in [-0.05, 0) is 43.4 Å². The molecule has 2 heterocycles. The van der Waals surface area contributed by atoms with E-state index in [1.165, 1.54) is 6.07 Å². The smallest absolute Gasteiger partial charge is 0.293 e. The lowest BCUT2D eigenvalue weighted by Crippen LogP contribution is -2.17. The summed E-state index contributed by atoms with van der Waals surface area (Å²) in [6.07, 6.45) is 2.69. The number of fused-ring (bicyclic) bond motifs is 2. The Morgan fingerprint density at radius 1 is 1.36 bits per heavy atom. The SMILES string of the molecule is C[C@@H]1CCc2noc(NC(=O)c3cc(=O)c4cc(Cl)ccc4o3)c2C1. The van der Waals surface area contributed by atoms with E-state index in [9.17, 15) is 9.59 Å². The van der Waals surface area contributed by atoms with Gasteiger partial charge in [0.25, 0.3) is 5.91 Å². The minimum Gasteiger partial charge on any atom is -0.451 e. The van der Waals surface area contributed by atoms with Gasteiger partial charge in [-0.2, -0.15) is 0 Å². The summed E-state index contributed by atoms with van der Waals surface area (Å²) in [5.41, 5.74) is 1.77. The molecule has 0 bridgehead atoms. The molecule has 4 rings (SSSR count). The fourth-order valence-corrected chi connectivity index (χ4v) is 3.26. The van der Waals surface area contributed by atoms with Gasteiger partial charge < -0.3 is 8.94 Å². The number of amides is 1. The van der Waals surface area contributed by atoms with E-state index in [2.05, 4.69) is 17.4 Å². The minimum atomic E-state index is -0.550. The van der Waals surface area contributed by atoms with E-state index in [4.69, 9.17) is 20.5 Å². The topological polar surface area (TPSA) is 85.3 Å². The van der Waals surface area contributed by atoms with Crippen LogP contribution in [0.2, 0.25) is 5.02 Å². The van der Waals surface area contributed by atoms with Crippen molar-refractivity contribution >= 4 is 34.4 Å². The van der Waals surface area contributed by atoms with E-state index in [1.807, 2.05) is 0 Å². The Bertz CT molecular complexity index is 1040. The summed E-state index contributed by atoms with van der Waals surface area (Å²) in [4.78, 5) is 24.7. The largest absolute Gasteiger partial charge is 0.451 e. The van der Waals surface area contributed by atoms with Crippen molar-refractivity contribution in [3.63, 3.8) is 0 Å². The van der Waals surface area contributed by atoms with Crippen LogP contribution in [0.5, 0.6) is 0 Å². The van der Waals surface area contributed by atoms with E-state index < -0.39 is 5.91 Å². The van der Waals surface area contributed by atoms with Gasteiger partial charge in [0.1, 0.15) is 5.58 Å². The van der Waals surface area contributed by atoms with E-state index in [-0.39, 0.29) is 11.2 Å². The van der Waals surface area contributed by atoms with Crippen molar-refractivity contribution in [1.29, 1.82) is 0 Å². The van der Waals surface area contributed by atoms with Gasteiger partial charge in [0.15, 0.2) is 11.2 Å². The lowest BCUT2D eigenvalue weighted by molar-refractivity contribution is 0.0994. The molecule has 2 aromatic heterocycles. The van der Waals surface area contributed by atoms with Gasteiger partial charge in [0.05, 0.1) is 11.1 Å². The monoisotopic (exact) mass is 358 g/mol. The molecule has 0 fully saturated rings. The van der Waals surface area contributed by atoms with Crippen LogP contribution >= 0.6 is 11.6 Å². The van der Waals surface area contributed by atoms with Crippen molar-refractivity contribution in [2.24, 2.45) is 5.92 Å². The van der Waals surface area contributed by atoms with Crippen molar-refractivity contribution in [2.75, 3.05) is 5.32 Å². The predicted molar refractivity (Wildman–Crippen MR) is 93.1 cm³/mol. The molecule has 3 aromatic rings. The molecular weight excluding hydrogens is 344 g/mol. The molecule has 128 valence electrons. The zero-order valence-corrected chi connectivity index (χ0v) is 14.2. The maximum Gasteiger partial charge on any atom is 0.293 e. The van der Waals surface area contributed by atoms with E-state index >= 15 is 0 Å². The predicted octanol–water partition coefficient (Wildman–Crippen LogP) is 3.81. The van der Waals surface area contributed by atoms with E-state index in [0.717, 1.165) is 36.6 Å². The first kappa shape index (κ1) is 15.9. The van der Waals surface area contributed by atoms with Crippen molar-refractivity contribution in [3.05, 3.63) is 56.5 Å². The molecule has 1 aromatic carbocycles. The second kappa shape index (κ2) is 6.04. The molecule has 1 atom stereocenters. The average Bonchev–Trinajstić information content (AvgIpc) is 2.97. The Labute approximate surface area is 147 Å². The van der Waals surface area contributed by atoms with Crippen molar-refractivity contribution in [3.8, 4) is 0 Å². The van der Waals surface area contributed by atoms with Crippen LogP contribution in [0.3, 0.4) is 0 Å². The number of halogens is 1. The fraction of sp³-hybridized carbons (Fsp3) is 0.278. The van der Waals surface area contributed by atoms with Gasteiger partial charge in [-0.25, -0.2) is 0 Å². The molecule has 1 amide bonds. The van der Waals surface area contributed by atoms with Gasteiger partial charge in [0, 0.05) is 16.7 Å². The van der Waals surface area contributed by atoms with E-state index in [1.54, 1.807) is 12.1 Å². The second-order valence-electron chi connectivity index (χ2n) is 6.35. The fourth-order valence-electron chi connectivity index (χ4n) is 3.09. The third-order valence-electron chi connectivity index (χ3n) is 4.44. The summed E-state index contributed by atoms with van der Waals surface area (Å²) in [5.74, 6) is 0.191. The van der Waals surface area contributed by atoms with E-state index in [0.29, 0.717) is 27.8 Å². The van der Waals surface area contributed by atoms with Crippen molar-refractivity contribution in [1.82, 2.24) is 5.16 Å². The van der Waals surface area contributed by atoms with Crippen LogP contribution in [-0.2, 0) is 12.8 Å². The van der Waals surface area contributed by atoms with Crippen molar-refractivity contribution in [2.45, 2.75) is 26.2 Å². The lowest BCUT2D eigenvalue weighted by Gasteiger charge is -2.16. The number of anilines is 1. The molecular formula is C18H15ClN2O4. The lowest BCUT2D eigenvalue weighted by atomic mass is 9.89. The number of hydrogen-bond donors (Lipinski definition) is 1. The molecule has 0 unspecified atom stereocenters. The Kier molecular flexibility index (Phi) is 3.84. The first-order chi connectivity index (χ1) is 12.0. The quantitative estimate of drug-likeness (QED) is 0.752. The van der Waals surface area contributed by atoms with Crippen molar-refractivity contribution < 1.29 is 13.7 Å². The number of aryl methyl sites for hydroxylation is 1. The van der Waals surface area contributed by atoms with Crippen LogP contribution in [0.1, 0.15) is 35.2 Å². The number of nitrogens with zero attached hydrogens (tertiary/aromatic N) is 1. The summed E-state index contributed by atoms with van der Waals surface area (Å²) in [7, 11) is 0. The summed E-state index contributed by atoms with van der Waals surface area (Å²) < 4.78 is 10.8. The number of nitrogens with one attached hydrogen (secondary N) is 1. The molecule has 1 N–H and O–H groups in total. The number of carbonyl (C=O) groups excluding carboxylic acids is 1. The van der Waals surface area contributed by atoms with Crippen LogP contribution < -0.4 is 10.7 Å². The van der Waals surface area contributed by atoms with Gasteiger partial charge in [-0.1, -0.05) is 23.7 Å². The first-order valence-electron chi connectivity index (χ1n) is 8.03. The van der Waals surface area contributed by atoms with Gasteiger partial charge in [-0.3, -0.25) is 14.9 Å². The number of hydrogen-bond acceptors (Lipinski definition) is 5. The van der Waals surface area contributed by atoms with Gasteiger partial charge >= 0.3 is 0 Å². The number of aromatic nitrogens is 1. The highest BCUT2D eigenvalue weighted by molar-refractivity contribution is 6.31. The highest BCUT2D eigenvalue weighted by atomic mass is 35.5. The molecule has 0 spiro atoms. The standard InChI is InChI=1S/C18H15ClN2O4/c1-9-2-4-13-11(6-9)18(25-21-13)20-17(23)16-8-14(22)12-7-10(19)3-5-15(12)24-16/h3,5,7-9H,2,4,6H2,1H3,(H,20,23)/t9-/m1/s1. The maximum absolute atomic E-state index is 12.5. The zero-order valence-electron chi connectivity index (χ0n) is 13.5. The van der Waals surface area contributed by atoms with Crippen LogP contribution in [0.25, 0.3) is 11.0 Å². The third kappa shape index (κ3) is 2.93. The summed E-state index contributed by atoms with van der Waals surface area (Å²) in [6, 6.07) is 5.83. The molecule has 6 nitrogen and oxygen atoms in total. The van der Waals surface area contributed by atoms with Crippen LogP contribution in [0.15, 0.2) is 38.0 Å². The summed E-state index contributed by atoms with van der Waals surface area (Å²) >= 11 is 5.89. The highest BCUT2D eigenvalue weighted by Gasteiger charge is 2.25.